The number of hydrogen-bond donors (Lipinski definition) is 1. The lowest BCUT2D eigenvalue weighted by atomic mass is 10.2. The number of nitrogens with zero attached hydrogens (tertiary/aromatic N) is 4. The van der Waals surface area contributed by atoms with E-state index in [0.29, 0.717) is 5.69 Å². The number of aromatic carboxylic acids is 1. The van der Waals surface area contributed by atoms with Crippen LogP contribution in [0.2, 0.25) is 0 Å². The molecule has 0 aliphatic heterocycles. The van der Waals surface area contributed by atoms with Crippen molar-refractivity contribution in [1.82, 2.24) is 18.9 Å². The Bertz CT molecular complexity index is 1100. The Hall–Kier alpha value is -3.42. The molecule has 26 heavy (non-hydrogen) atoms. The van der Waals surface area contributed by atoms with Crippen molar-refractivity contribution in [2.45, 2.75) is 27.3 Å². The van der Waals surface area contributed by atoms with Crippen molar-refractivity contribution < 1.29 is 9.90 Å². The van der Waals surface area contributed by atoms with E-state index in [-0.39, 0.29) is 6.54 Å². The van der Waals surface area contributed by atoms with E-state index < -0.39 is 22.8 Å². The van der Waals surface area contributed by atoms with Crippen LogP contribution < -0.4 is 11.2 Å². The Balaban J connectivity index is 2.14. The molecule has 8 heteroatoms. The summed E-state index contributed by atoms with van der Waals surface area (Å²) in [4.78, 5) is 35.9. The molecule has 0 amide bonds. The number of hydrogen-bond acceptors (Lipinski definition) is 4. The van der Waals surface area contributed by atoms with Crippen molar-refractivity contribution >= 4 is 5.97 Å². The maximum atomic E-state index is 12.5. The van der Waals surface area contributed by atoms with E-state index in [9.17, 15) is 19.5 Å². The Labute approximate surface area is 148 Å². The zero-order valence-electron chi connectivity index (χ0n) is 14.6. The molecule has 0 saturated heterocycles. The van der Waals surface area contributed by atoms with E-state index >= 15 is 0 Å². The fraction of sp³-hybridized carbons (Fsp3) is 0.222. The molecule has 1 aromatic carbocycles. The normalized spacial score (nSPS) is 10.9. The number of rotatable bonds is 4. The maximum absolute atomic E-state index is 12.5. The van der Waals surface area contributed by atoms with Gasteiger partial charge in [-0.3, -0.25) is 13.9 Å². The third-order valence-corrected chi connectivity index (χ3v) is 4.10. The summed E-state index contributed by atoms with van der Waals surface area (Å²) in [5.74, 6) is -1.37. The molecule has 0 spiro atoms. The number of benzene rings is 1. The quantitative estimate of drug-likeness (QED) is 0.766. The first-order chi connectivity index (χ1) is 12.3. The van der Waals surface area contributed by atoms with Gasteiger partial charge < -0.3 is 5.11 Å². The molecule has 134 valence electrons. The fourth-order valence-electron chi connectivity index (χ4n) is 2.86. The van der Waals surface area contributed by atoms with Gasteiger partial charge in [-0.15, -0.1) is 0 Å². The van der Waals surface area contributed by atoms with Gasteiger partial charge in [0, 0.05) is 18.4 Å². The molecule has 0 fully saturated rings. The van der Waals surface area contributed by atoms with E-state index in [1.165, 1.54) is 4.57 Å². The molecular weight excluding hydrogens is 336 g/mol. The van der Waals surface area contributed by atoms with Gasteiger partial charge >= 0.3 is 11.7 Å². The molecule has 8 nitrogen and oxygen atoms in total. The van der Waals surface area contributed by atoms with Gasteiger partial charge in [-0.05, 0) is 51.1 Å². The second kappa shape index (κ2) is 6.47. The minimum atomic E-state index is -1.37. The summed E-state index contributed by atoms with van der Waals surface area (Å²) in [5, 5.41) is 13.6. The van der Waals surface area contributed by atoms with Gasteiger partial charge in [0.05, 0.1) is 17.1 Å². The zero-order chi connectivity index (χ0) is 19.0. The second-order valence-corrected chi connectivity index (χ2v) is 5.91. The van der Waals surface area contributed by atoms with Gasteiger partial charge in [-0.2, -0.15) is 5.10 Å². The minimum absolute atomic E-state index is 0.0859. The first-order valence-corrected chi connectivity index (χ1v) is 8.07. The molecule has 2 heterocycles. The van der Waals surface area contributed by atoms with Crippen LogP contribution in [0.4, 0.5) is 0 Å². The number of carbonyl (C=O) groups is 1. The van der Waals surface area contributed by atoms with E-state index in [1.54, 1.807) is 35.9 Å². The zero-order valence-corrected chi connectivity index (χ0v) is 14.6. The number of aromatic nitrogens is 4. The van der Waals surface area contributed by atoms with Crippen molar-refractivity contribution in [3.05, 3.63) is 74.3 Å². The lowest BCUT2D eigenvalue weighted by Crippen LogP contribution is -2.41. The van der Waals surface area contributed by atoms with Crippen LogP contribution in [-0.2, 0) is 6.54 Å². The van der Waals surface area contributed by atoms with Crippen molar-refractivity contribution in [2.24, 2.45) is 0 Å². The van der Waals surface area contributed by atoms with E-state index in [4.69, 9.17) is 0 Å². The van der Waals surface area contributed by atoms with Crippen LogP contribution in [0.5, 0.6) is 0 Å². The Kier molecular flexibility index (Phi) is 4.33. The number of aryl methyl sites for hydroxylation is 2. The lowest BCUT2D eigenvalue weighted by molar-refractivity contribution is 0.0693. The molecule has 3 aromatic rings. The molecule has 0 saturated carbocycles. The summed E-state index contributed by atoms with van der Waals surface area (Å²) in [5.41, 5.74) is 1.31. The van der Waals surface area contributed by atoms with Crippen molar-refractivity contribution in [3.8, 4) is 11.4 Å². The molecule has 3 rings (SSSR count). The van der Waals surface area contributed by atoms with Gasteiger partial charge in [0.25, 0.3) is 5.56 Å². The highest BCUT2D eigenvalue weighted by molar-refractivity contribution is 5.86. The molecule has 0 unspecified atom stereocenters. The Morgan fingerprint density at radius 1 is 1.12 bits per heavy atom. The van der Waals surface area contributed by atoms with Gasteiger partial charge in [0.1, 0.15) is 5.56 Å². The maximum Gasteiger partial charge on any atom is 0.342 e. The van der Waals surface area contributed by atoms with E-state index in [2.05, 4.69) is 5.10 Å². The smallest absolute Gasteiger partial charge is 0.342 e. The highest BCUT2D eigenvalue weighted by atomic mass is 16.4. The summed E-state index contributed by atoms with van der Waals surface area (Å²) in [6, 6.07) is 8.88. The summed E-state index contributed by atoms with van der Waals surface area (Å²) >= 11 is 0. The molecule has 0 aliphatic rings. The van der Waals surface area contributed by atoms with Crippen LogP contribution in [0, 0.1) is 13.8 Å². The summed E-state index contributed by atoms with van der Waals surface area (Å²) in [6.07, 6.45) is 1.07. The summed E-state index contributed by atoms with van der Waals surface area (Å²) in [7, 11) is 0. The topological polar surface area (TPSA) is 99.1 Å². The van der Waals surface area contributed by atoms with Crippen LogP contribution in [0.1, 0.15) is 28.7 Å². The van der Waals surface area contributed by atoms with Gasteiger partial charge in [0.15, 0.2) is 0 Å². The monoisotopic (exact) mass is 354 g/mol. The van der Waals surface area contributed by atoms with E-state index in [0.717, 1.165) is 27.8 Å². The first kappa shape index (κ1) is 17.4. The third kappa shape index (κ3) is 2.85. The Morgan fingerprint density at radius 3 is 2.23 bits per heavy atom. The SMILES string of the molecule is CCn1c(=O)c(C(=O)O)cn(-c2ccc(-n3nc(C)cc3C)cc2)c1=O. The third-order valence-electron chi connectivity index (χ3n) is 4.10. The molecule has 0 radical (unpaired) electrons. The van der Waals surface area contributed by atoms with Crippen molar-refractivity contribution in [3.63, 3.8) is 0 Å². The van der Waals surface area contributed by atoms with Crippen molar-refractivity contribution in [1.29, 1.82) is 0 Å². The van der Waals surface area contributed by atoms with Gasteiger partial charge in [-0.1, -0.05) is 0 Å². The highest BCUT2D eigenvalue weighted by Crippen LogP contribution is 2.14. The molecule has 2 aromatic heterocycles. The molecule has 0 atom stereocenters. The standard InChI is InChI=1S/C18H18N4O4/c1-4-20-16(23)15(17(24)25)10-21(18(20)26)13-5-7-14(8-6-13)22-12(3)9-11(2)19-22/h5-10H,4H2,1-3H3,(H,24,25). The van der Waals surface area contributed by atoms with Gasteiger partial charge in [-0.25, -0.2) is 14.3 Å². The largest absolute Gasteiger partial charge is 0.477 e. The van der Waals surface area contributed by atoms with Crippen LogP contribution in [0.25, 0.3) is 11.4 Å². The fourth-order valence-corrected chi connectivity index (χ4v) is 2.86. The van der Waals surface area contributed by atoms with Crippen molar-refractivity contribution in [2.75, 3.05) is 0 Å². The van der Waals surface area contributed by atoms with Crippen LogP contribution in [0.15, 0.2) is 46.1 Å². The van der Waals surface area contributed by atoms with E-state index in [1.807, 2.05) is 19.9 Å². The molecule has 0 aliphatic carbocycles. The predicted molar refractivity (Wildman–Crippen MR) is 95.5 cm³/mol. The molecule has 0 bridgehead atoms. The number of carboxylic acids is 1. The van der Waals surface area contributed by atoms with Gasteiger partial charge in [0.2, 0.25) is 0 Å². The summed E-state index contributed by atoms with van der Waals surface area (Å²) < 4.78 is 3.84. The molecular formula is C18H18N4O4. The summed E-state index contributed by atoms with van der Waals surface area (Å²) in [6.45, 7) is 5.54. The first-order valence-electron chi connectivity index (χ1n) is 8.07. The molecule has 1 N–H and O–H groups in total. The second-order valence-electron chi connectivity index (χ2n) is 5.91. The number of carboxylic acid groups (broad SMARTS) is 1. The average Bonchev–Trinajstić information content (AvgIpc) is 2.94. The van der Waals surface area contributed by atoms with Crippen LogP contribution in [-0.4, -0.2) is 30.0 Å². The lowest BCUT2D eigenvalue weighted by Gasteiger charge is -2.11. The Morgan fingerprint density at radius 2 is 1.73 bits per heavy atom. The average molecular weight is 354 g/mol. The predicted octanol–water partition coefficient (Wildman–Crippen LogP) is 1.52. The van der Waals surface area contributed by atoms with Crippen LogP contribution in [0.3, 0.4) is 0 Å². The highest BCUT2D eigenvalue weighted by Gasteiger charge is 2.16. The van der Waals surface area contributed by atoms with Crippen LogP contribution >= 0.6 is 0 Å². The minimum Gasteiger partial charge on any atom is -0.477 e.